The number of rotatable bonds is 1. The van der Waals surface area contributed by atoms with E-state index in [1.807, 2.05) is 12.1 Å². The SMILES string of the molecule is CC(C)(C)NC(=O)[C@@H]1c2ccccc2N[C@@H]2CCCC[C@H]12. The van der Waals surface area contributed by atoms with E-state index in [-0.39, 0.29) is 17.4 Å². The molecule has 1 amide bonds. The van der Waals surface area contributed by atoms with E-state index in [0.29, 0.717) is 12.0 Å². The molecular weight excluding hydrogens is 260 g/mol. The summed E-state index contributed by atoms with van der Waals surface area (Å²) in [5.74, 6) is 0.608. The Kier molecular flexibility index (Phi) is 3.68. The highest BCUT2D eigenvalue weighted by Crippen LogP contribution is 2.44. The molecule has 2 aliphatic rings. The van der Waals surface area contributed by atoms with Gasteiger partial charge in [0, 0.05) is 17.3 Å². The topological polar surface area (TPSA) is 41.1 Å². The van der Waals surface area contributed by atoms with Crippen molar-refractivity contribution in [1.82, 2.24) is 5.32 Å². The average molecular weight is 286 g/mol. The summed E-state index contributed by atoms with van der Waals surface area (Å²) >= 11 is 0. The van der Waals surface area contributed by atoms with Crippen LogP contribution >= 0.6 is 0 Å². The Morgan fingerprint density at radius 2 is 1.90 bits per heavy atom. The zero-order valence-electron chi connectivity index (χ0n) is 13.3. The highest BCUT2D eigenvalue weighted by atomic mass is 16.2. The highest BCUT2D eigenvalue weighted by Gasteiger charge is 2.42. The molecule has 3 heteroatoms. The Morgan fingerprint density at radius 3 is 2.67 bits per heavy atom. The van der Waals surface area contributed by atoms with E-state index in [1.165, 1.54) is 24.8 Å². The third-order valence-corrected chi connectivity index (χ3v) is 4.66. The predicted octanol–water partition coefficient (Wildman–Crippen LogP) is 3.67. The van der Waals surface area contributed by atoms with Crippen molar-refractivity contribution in [3.63, 3.8) is 0 Å². The van der Waals surface area contributed by atoms with Gasteiger partial charge in [0.1, 0.15) is 0 Å². The van der Waals surface area contributed by atoms with E-state index in [9.17, 15) is 4.79 Å². The number of anilines is 1. The number of nitrogens with one attached hydrogen (secondary N) is 2. The minimum Gasteiger partial charge on any atom is -0.382 e. The first-order chi connectivity index (χ1) is 9.96. The van der Waals surface area contributed by atoms with Gasteiger partial charge in [-0.3, -0.25) is 4.79 Å². The molecule has 1 aromatic rings. The first-order valence-corrected chi connectivity index (χ1v) is 8.13. The molecule has 3 rings (SSSR count). The lowest BCUT2D eigenvalue weighted by molar-refractivity contribution is -0.125. The third kappa shape index (κ3) is 2.92. The molecule has 0 unspecified atom stereocenters. The summed E-state index contributed by atoms with van der Waals surface area (Å²) < 4.78 is 0. The first-order valence-electron chi connectivity index (χ1n) is 8.13. The summed E-state index contributed by atoms with van der Waals surface area (Å²) in [5, 5.41) is 6.86. The van der Waals surface area contributed by atoms with Crippen molar-refractivity contribution in [2.24, 2.45) is 5.92 Å². The maximum Gasteiger partial charge on any atom is 0.228 e. The Bertz CT molecular complexity index is 532. The summed E-state index contributed by atoms with van der Waals surface area (Å²) in [5.41, 5.74) is 2.14. The zero-order chi connectivity index (χ0) is 15.0. The number of carbonyl (C=O) groups excluding carboxylic acids is 1. The molecule has 1 aliphatic carbocycles. The average Bonchev–Trinajstić information content (AvgIpc) is 2.42. The number of fused-ring (bicyclic) bond motifs is 2. The summed E-state index contributed by atoms with van der Waals surface area (Å²) in [6.07, 6.45) is 4.83. The largest absolute Gasteiger partial charge is 0.382 e. The quantitative estimate of drug-likeness (QED) is 0.827. The molecule has 0 radical (unpaired) electrons. The number of benzene rings is 1. The van der Waals surface area contributed by atoms with Gasteiger partial charge in [-0.15, -0.1) is 0 Å². The van der Waals surface area contributed by atoms with Crippen LogP contribution < -0.4 is 10.6 Å². The van der Waals surface area contributed by atoms with E-state index in [0.717, 1.165) is 12.1 Å². The smallest absolute Gasteiger partial charge is 0.228 e. The summed E-state index contributed by atoms with van der Waals surface area (Å²) in [7, 11) is 0. The van der Waals surface area contributed by atoms with Crippen LogP contribution in [0.25, 0.3) is 0 Å². The van der Waals surface area contributed by atoms with E-state index >= 15 is 0 Å². The van der Waals surface area contributed by atoms with Crippen molar-refractivity contribution in [3.05, 3.63) is 29.8 Å². The molecule has 1 aromatic carbocycles. The second kappa shape index (κ2) is 5.36. The van der Waals surface area contributed by atoms with Crippen molar-refractivity contribution >= 4 is 11.6 Å². The van der Waals surface area contributed by atoms with Gasteiger partial charge < -0.3 is 10.6 Å². The number of carbonyl (C=O) groups is 1. The molecule has 1 heterocycles. The molecule has 0 spiro atoms. The van der Waals surface area contributed by atoms with Crippen LogP contribution in [0.2, 0.25) is 0 Å². The van der Waals surface area contributed by atoms with Crippen LogP contribution in [0.15, 0.2) is 24.3 Å². The van der Waals surface area contributed by atoms with Crippen LogP contribution in [0.5, 0.6) is 0 Å². The predicted molar refractivity (Wildman–Crippen MR) is 86.4 cm³/mol. The van der Waals surface area contributed by atoms with Gasteiger partial charge in [-0.1, -0.05) is 31.0 Å². The lowest BCUT2D eigenvalue weighted by Crippen LogP contribution is -2.49. The molecule has 2 N–H and O–H groups in total. The van der Waals surface area contributed by atoms with Crippen LogP contribution in [0.3, 0.4) is 0 Å². The van der Waals surface area contributed by atoms with Crippen LogP contribution in [0, 0.1) is 5.92 Å². The maximum absolute atomic E-state index is 12.9. The zero-order valence-corrected chi connectivity index (χ0v) is 13.3. The Hall–Kier alpha value is -1.51. The van der Waals surface area contributed by atoms with Gasteiger partial charge in [0.05, 0.1) is 5.92 Å². The second-order valence-electron chi connectivity index (χ2n) is 7.50. The normalized spacial score (nSPS) is 28.0. The van der Waals surface area contributed by atoms with Crippen molar-refractivity contribution < 1.29 is 4.79 Å². The van der Waals surface area contributed by atoms with Crippen LogP contribution in [0.1, 0.15) is 57.9 Å². The minimum atomic E-state index is -0.179. The van der Waals surface area contributed by atoms with Crippen LogP contribution in [-0.4, -0.2) is 17.5 Å². The second-order valence-corrected chi connectivity index (χ2v) is 7.50. The summed E-state index contributed by atoms with van der Waals surface area (Å²) in [6.45, 7) is 6.16. The summed E-state index contributed by atoms with van der Waals surface area (Å²) in [4.78, 5) is 12.9. The van der Waals surface area contributed by atoms with Crippen molar-refractivity contribution in [2.75, 3.05) is 5.32 Å². The first kappa shape index (κ1) is 14.4. The Labute approximate surface area is 127 Å². The Balaban J connectivity index is 1.96. The molecule has 1 aliphatic heterocycles. The van der Waals surface area contributed by atoms with Gasteiger partial charge in [-0.25, -0.2) is 0 Å². The molecule has 0 saturated heterocycles. The lowest BCUT2D eigenvalue weighted by Gasteiger charge is -2.43. The van der Waals surface area contributed by atoms with E-state index in [2.05, 4.69) is 43.5 Å². The van der Waals surface area contributed by atoms with E-state index in [1.54, 1.807) is 0 Å². The van der Waals surface area contributed by atoms with Crippen molar-refractivity contribution in [2.45, 2.75) is 64.0 Å². The Morgan fingerprint density at radius 1 is 1.19 bits per heavy atom. The summed E-state index contributed by atoms with van der Waals surface area (Å²) in [6, 6.07) is 8.76. The van der Waals surface area contributed by atoms with Crippen molar-refractivity contribution in [1.29, 1.82) is 0 Å². The van der Waals surface area contributed by atoms with E-state index in [4.69, 9.17) is 0 Å². The molecule has 21 heavy (non-hydrogen) atoms. The molecule has 3 nitrogen and oxygen atoms in total. The molecule has 114 valence electrons. The fourth-order valence-corrected chi connectivity index (χ4v) is 3.85. The molecule has 0 aromatic heterocycles. The van der Waals surface area contributed by atoms with Gasteiger partial charge in [0.15, 0.2) is 0 Å². The highest BCUT2D eigenvalue weighted by molar-refractivity contribution is 5.87. The van der Waals surface area contributed by atoms with Gasteiger partial charge in [-0.2, -0.15) is 0 Å². The molecule has 1 fully saturated rings. The van der Waals surface area contributed by atoms with Gasteiger partial charge in [0.25, 0.3) is 0 Å². The molecule has 1 saturated carbocycles. The minimum absolute atomic E-state index is 0.00743. The fraction of sp³-hybridized carbons (Fsp3) is 0.611. The van der Waals surface area contributed by atoms with Gasteiger partial charge >= 0.3 is 0 Å². The van der Waals surface area contributed by atoms with Gasteiger partial charge in [-0.05, 0) is 51.2 Å². The molecule has 0 bridgehead atoms. The third-order valence-electron chi connectivity index (χ3n) is 4.66. The van der Waals surface area contributed by atoms with Gasteiger partial charge in [0.2, 0.25) is 5.91 Å². The maximum atomic E-state index is 12.9. The molecule has 3 atom stereocenters. The lowest BCUT2D eigenvalue weighted by atomic mass is 9.70. The number of para-hydroxylation sites is 1. The number of hydrogen-bond donors (Lipinski definition) is 2. The number of hydrogen-bond acceptors (Lipinski definition) is 2. The van der Waals surface area contributed by atoms with Crippen molar-refractivity contribution in [3.8, 4) is 0 Å². The van der Waals surface area contributed by atoms with Crippen LogP contribution in [0.4, 0.5) is 5.69 Å². The standard InChI is InChI=1S/C18H26N2O/c1-18(2,3)20-17(21)16-12-8-4-6-10-14(12)19-15-11-7-5-9-13(15)16/h4,6,8,10,13,15-16,19H,5,7,9,11H2,1-3H3,(H,20,21)/t13-,15+,16+/m0/s1. The van der Waals surface area contributed by atoms with Crippen LogP contribution in [-0.2, 0) is 4.79 Å². The monoisotopic (exact) mass is 286 g/mol. The molecular formula is C18H26N2O. The fourth-order valence-electron chi connectivity index (χ4n) is 3.85. The van der Waals surface area contributed by atoms with E-state index < -0.39 is 0 Å². The number of amides is 1.